The van der Waals surface area contributed by atoms with Crippen LogP contribution in [0.3, 0.4) is 0 Å². The van der Waals surface area contributed by atoms with Crippen molar-refractivity contribution in [3.8, 4) is 11.6 Å². The number of nitrogens with two attached hydrogens (primary N) is 2. The van der Waals surface area contributed by atoms with Crippen molar-refractivity contribution < 1.29 is 0 Å². The van der Waals surface area contributed by atoms with Gasteiger partial charge in [-0.15, -0.1) is 0 Å². The second-order valence-electron chi connectivity index (χ2n) is 4.15. The highest BCUT2D eigenvalue weighted by Crippen LogP contribution is 2.08. The van der Waals surface area contributed by atoms with Crippen LogP contribution < -0.4 is 11.5 Å². The Kier molecular flexibility index (Phi) is 3.23. The highest BCUT2D eigenvalue weighted by atomic mass is 15.4. The van der Waals surface area contributed by atoms with Gasteiger partial charge in [0.15, 0.2) is 11.6 Å². The molecule has 0 aliphatic carbocycles. The molecule has 0 bridgehead atoms. The van der Waals surface area contributed by atoms with Crippen LogP contribution in [0, 0.1) is 0 Å². The Hall–Kier alpha value is -2.58. The van der Waals surface area contributed by atoms with E-state index in [4.69, 9.17) is 11.5 Å². The van der Waals surface area contributed by atoms with Crippen LogP contribution in [-0.4, -0.2) is 29.5 Å². The second kappa shape index (κ2) is 5.19. The summed E-state index contributed by atoms with van der Waals surface area (Å²) in [4.78, 5) is 8.63. The summed E-state index contributed by atoms with van der Waals surface area (Å²) in [5.74, 6) is 1.21. The van der Waals surface area contributed by atoms with Gasteiger partial charge in [-0.25, -0.2) is 14.3 Å². The summed E-state index contributed by atoms with van der Waals surface area (Å²) in [5.41, 5.74) is 12.7. The summed E-state index contributed by atoms with van der Waals surface area (Å²) < 4.78 is 3.26. The van der Waals surface area contributed by atoms with Gasteiger partial charge in [-0.2, -0.15) is 10.2 Å². The molecular weight excluding hydrogens is 256 g/mol. The van der Waals surface area contributed by atoms with Crippen LogP contribution in [0.15, 0.2) is 36.9 Å². The van der Waals surface area contributed by atoms with Crippen LogP contribution in [0.25, 0.3) is 11.6 Å². The van der Waals surface area contributed by atoms with Crippen LogP contribution >= 0.6 is 0 Å². The van der Waals surface area contributed by atoms with Crippen molar-refractivity contribution >= 4 is 0 Å². The van der Waals surface area contributed by atoms with Gasteiger partial charge >= 0.3 is 0 Å². The molecule has 8 nitrogen and oxygen atoms in total. The largest absolute Gasteiger partial charge is 0.325 e. The predicted octanol–water partition coefficient (Wildman–Crippen LogP) is -0.235. The van der Waals surface area contributed by atoms with Crippen molar-refractivity contribution in [3.63, 3.8) is 0 Å². The molecule has 3 aromatic heterocycles. The quantitative estimate of drug-likeness (QED) is 0.676. The van der Waals surface area contributed by atoms with E-state index in [2.05, 4.69) is 20.2 Å². The zero-order valence-electron chi connectivity index (χ0n) is 10.7. The zero-order chi connectivity index (χ0) is 13.9. The van der Waals surface area contributed by atoms with Crippen LogP contribution in [0.1, 0.15) is 11.4 Å². The van der Waals surface area contributed by atoms with Crippen LogP contribution in [0.2, 0.25) is 0 Å². The number of nitrogens with zero attached hydrogens (tertiary/aromatic N) is 6. The third-order valence-electron chi connectivity index (χ3n) is 2.79. The molecule has 0 aliphatic heterocycles. The van der Waals surface area contributed by atoms with Crippen molar-refractivity contribution in [2.45, 2.75) is 13.1 Å². The van der Waals surface area contributed by atoms with Crippen LogP contribution in [0.4, 0.5) is 0 Å². The van der Waals surface area contributed by atoms with Crippen molar-refractivity contribution in [2.75, 3.05) is 0 Å². The van der Waals surface area contributed by atoms with Crippen molar-refractivity contribution in [1.82, 2.24) is 29.5 Å². The Balaban J connectivity index is 1.96. The minimum Gasteiger partial charge on any atom is -0.325 e. The molecule has 0 unspecified atom stereocenters. The lowest BCUT2D eigenvalue weighted by atomic mass is 10.4. The van der Waals surface area contributed by atoms with Crippen LogP contribution in [0.5, 0.6) is 0 Å². The molecule has 3 aromatic rings. The molecule has 3 rings (SSSR count). The summed E-state index contributed by atoms with van der Waals surface area (Å²) in [5, 5.41) is 8.59. The molecule has 0 radical (unpaired) electrons. The predicted molar refractivity (Wildman–Crippen MR) is 72.1 cm³/mol. The minimum atomic E-state index is 0.388. The summed E-state index contributed by atoms with van der Waals surface area (Å²) in [7, 11) is 0. The van der Waals surface area contributed by atoms with Gasteiger partial charge in [-0.1, -0.05) is 0 Å². The molecule has 20 heavy (non-hydrogen) atoms. The van der Waals surface area contributed by atoms with E-state index in [0.717, 1.165) is 11.4 Å². The molecule has 3 heterocycles. The minimum absolute atomic E-state index is 0.388. The van der Waals surface area contributed by atoms with Gasteiger partial charge in [-0.05, 0) is 12.1 Å². The molecule has 102 valence electrons. The Morgan fingerprint density at radius 3 is 1.75 bits per heavy atom. The van der Waals surface area contributed by atoms with Gasteiger partial charge < -0.3 is 11.5 Å². The zero-order valence-corrected chi connectivity index (χ0v) is 10.7. The molecule has 0 spiro atoms. The van der Waals surface area contributed by atoms with Crippen molar-refractivity contribution in [2.24, 2.45) is 11.5 Å². The highest BCUT2D eigenvalue weighted by molar-refractivity contribution is 5.27. The van der Waals surface area contributed by atoms with Gasteiger partial charge in [0.1, 0.15) is 0 Å². The molecule has 0 amide bonds. The van der Waals surface area contributed by atoms with Gasteiger partial charge in [0.25, 0.3) is 0 Å². The SMILES string of the molecule is NCc1ccn(-c2cncc(-n3ccc(CN)n3)n2)n1. The van der Waals surface area contributed by atoms with E-state index in [1.54, 1.807) is 34.2 Å². The summed E-state index contributed by atoms with van der Waals surface area (Å²) in [6.07, 6.45) is 6.85. The molecule has 4 N–H and O–H groups in total. The van der Waals surface area contributed by atoms with E-state index >= 15 is 0 Å². The molecule has 0 atom stereocenters. The van der Waals surface area contributed by atoms with Crippen LogP contribution in [-0.2, 0) is 13.1 Å². The average Bonchev–Trinajstić information content (AvgIpc) is 3.16. The van der Waals surface area contributed by atoms with Gasteiger partial charge in [0.2, 0.25) is 0 Å². The number of rotatable bonds is 4. The summed E-state index contributed by atoms with van der Waals surface area (Å²) >= 11 is 0. The first-order valence-electron chi connectivity index (χ1n) is 6.12. The van der Waals surface area contributed by atoms with E-state index in [-0.39, 0.29) is 0 Å². The maximum Gasteiger partial charge on any atom is 0.174 e. The fourth-order valence-corrected chi connectivity index (χ4v) is 1.76. The van der Waals surface area contributed by atoms with Gasteiger partial charge in [-0.3, -0.25) is 4.98 Å². The fourth-order valence-electron chi connectivity index (χ4n) is 1.76. The standard InChI is InChI=1S/C12H14N8/c13-5-9-1-3-19(17-9)11-7-15-8-12(16-11)20-4-2-10(6-14)18-20/h1-4,7-8H,5-6,13-14H2. The normalized spacial score (nSPS) is 10.9. The topological polar surface area (TPSA) is 113 Å². The molecule has 0 saturated heterocycles. The molecule has 0 fully saturated rings. The number of hydrogen-bond donors (Lipinski definition) is 2. The maximum absolute atomic E-state index is 5.54. The second-order valence-corrected chi connectivity index (χ2v) is 4.15. The number of hydrogen-bond acceptors (Lipinski definition) is 6. The first kappa shape index (κ1) is 12.5. The summed E-state index contributed by atoms with van der Waals surface area (Å²) in [6, 6.07) is 3.68. The summed E-state index contributed by atoms with van der Waals surface area (Å²) in [6.45, 7) is 0.776. The first-order chi connectivity index (χ1) is 9.80. The smallest absolute Gasteiger partial charge is 0.174 e. The Bertz CT molecular complexity index is 656. The van der Waals surface area contributed by atoms with Crippen molar-refractivity contribution in [1.29, 1.82) is 0 Å². The highest BCUT2D eigenvalue weighted by Gasteiger charge is 2.06. The Labute approximate surface area is 115 Å². The van der Waals surface area contributed by atoms with Gasteiger partial charge in [0, 0.05) is 25.5 Å². The fraction of sp³-hybridized carbons (Fsp3) is 0.167. The first-order valence-corrected chi connectivity index (χ1v) is 6.12. The molecule has 0 aliphatic rings. The van der Waals surface area contributed by atoms with Gasteiger partial charge in [0.05, 0.1) is 23.8 Å². The monoisotopic (exact) mass is 270 g/mol. The number of aromatic nitrogens is 6. The van der Waals surface area contributed by atoms with E-state index in [9.17, 15) is 0 Å². The third kappa shape index (κ3) is 2.29. The molecule has 0 saturated carbocycles. The molecule has 8 heteroatoms. The average molecular weight is 270 g/mol. The third-order valence-corrected chi connectivity index (χ3v) is 2.79. The lowest BCUT2D eigenvalue weighted by molar-refractivity contribution is 0.766. The Morgan fingerprint density at radius 2 is 1.35 bits per heavy atom. The van der Waals surface area contributed by atoms with Crippen molar-refractivity contribution in [3.05, 3.63) is 48.3 Å². The van der Waals surface area contributed by atoms with E-state index in [1.165, 1.54) is 0 Å². The molecule has 0 aromatic carbocycles. The lowest BCUT2D eigenvalue weighted by Gasteiger charge is -2.03. The maximum atomic E-state index is 5.54. The Morgan fingerprint density at radius 1 is 0.850 bits per heavy atom. The van der Waals surface area contributed by atoms with E-state index in [1.807, 2.05) is 12.1 Å². The lowest BCUT2D eigenvalue weighted by Crippen LogP contribution is -2.07. The van der Waals surface area contributed by atoms with E-state index < -0.39 is 0 Å². The van der Waals surface area contributed by atoms with E-state index in [0.29, 0.717) is 24.7 Å². The molecular formula is C12H14N8.